The third-order valence-corrected chi connectivity index (χ3v) is 5.53. The van der Waals surface area contributed by atoms with Crippen molar-refractivity contribution >= 4 is 39.0 Å². The normalized spacial score (nSPS) is 10.7. The quantitative estimate of drug-likeness (QED) is 0.633. The van der Waals surface area contributed by atoms with Crippen LogP contribution in [-0.4, -0.2) is 25.6 Å². The second-order valence-corrected chi connectivity index (χ2v) is 7.29. The smallest absolute Gasteiger partial charge is 0.341 e. The molecule has 3 aromatic rings. The van der Waals surface area contributed by atoms with Gasteiger partial charge in [-0.3, -0.25) is 4.79 Å². The van der Waals surface area contributed by atoms with Gasteiger partial charge in [-0.1, -0.05) is 24.3 Å². The molecule has 1 heterocycles. The average molecular weight is 383 g/mol. The number of esters is 1. The first-order chi connectivity index (χ1) is 13.0. The van der Waals surface area contributed by atoms with Crippen LogP contribution in [-0.2, 0) is 4.74 Å². The van der Waals surface area contributed by atoms with Gasteiger partial charge in [-0.25, -0.2) is 4.79 Å². The Hall–Kier alpha value is -2.86. The number of aryl methyl sites for hydroxylation is 1. The minimum atomic E-state index is -0.430. The van der Waals surface area contributed by atoms with Crippen molar-refractivity contribution in [2.24, 2.45) is 0 Å². The molecule has 1 N–H and O–H groups in total. The molecule has 6 heteroatoms. The third-order valence-electron chi connectivity index (χ3n) is 4.40. The van der Waals surface area contributed by atoms with E-state index in [9.17, 15) is 9.59 Å². The number of hydrogen-bond acceptors (Lipinski definition) is 5. The van der Waals surface area contributed by atoms with E-state index >= 15 is 0 Å². The fourth-order valence-electron chi connectivity index (χ4n) is 2.90. The lowest BCUT2D eigenvalue weighted by Crippen LogP contribution is -2.15. The van der Waals surface area contributed by atoms with Crippen LogP contribution in [0.4, 0.5) is 5.00 Å². The standard InChI is InChI=1S/C21H21NO4S/c1-5-26-21(24)18-12(2)13(3)27-20(18)22-19(23)16-10-14-8-6-7-9-15(14)11-17(16)25-4/h6-11H,5H2,1-4H3,(H,22,23). The summed E-state index contributed by atoms with van der Waals surface area (Å²) in [5.74, 6) is -0.279. The number of carbonyl (C=O) groups is 2. The average Bonchev–Trinajstić information content (AvgIpc) is 2.94. The van der Waals surface area contributed by atoms with Gasteiger partial charge in [-0.05, 0) is 49.2 Å². The Kier molecular flexibility index (Phi) is 5.46. The zero-order chi connectivity index (χ0) is 19.6. The lowest BCUT2D eigenvalue weighted by molar-refractivity contribution is 0.0527. The van der Waals surface area contributed by atoms with Gasteiger partial charge in [-0.2, -0.15) is 0 Å². The number of amides is 1. The number of fused-ring (bicyclic) bond motifs is 1. The predicted molar refractivity (Wildman–Crippen MR) is 108 cm³/mol. The highest BCUT2D eigenvalue weighted by Crippen LogP contribution is 2.34. The molecule has 27 heavy (non-hydrogen) atoms. The summed E-state index contributed by atoms with van der Waals surface area (Å²) < 4.78 is 10.6. The lowest BCUT2D eigenvalue weighted by Gasteiger charge is -2.11. The van der Waals surface area contributed by atoms with Gasteiger partial charge in [-0.15, -0.1) is 11.3 Å². The molecule has 3 rings (SSSR count). The van der Waals surface area contributed by atoms with E-state index < -0.39 is 5.97 Å². The lowest BCUT2D eigenvalue weighted by atomic mass is 10.1. The van der Waals surface area contributed by atoms with Crippen molar-refractivity contribution in [2.75, 3.05) is 19.0 Å². The van der Waals surface area contributed by atoms with Crippen molar-refractivity contribution in [1.29, 1.82) is 0 Å². The zero-order valence-electron chi connectivity index (χ0n) is 15.7. The number of ether oxygens (including phenoxy) is 2. The molecule has 0 fully saturated rings. The first kappa shape index (κ1) is 18.9. The highest BCUT2D eigenvalue weighted by atomic mass is 32.1. The Morgan fingerprint density at radius 1 is 1.11 bits per heavy atom. The van der Waals surface area contributed by atoms with Crippen LogP contribution in [0.15, 0.2) is 36.4 Å². The number of hydrogen-bond donors (Lipinski definition) is 1. The van der Waals surface area contributed by atoms with Crippen molar-refractivity contribution < 1.29 is 19.1 Å². The molecule has 1 amide bonds. The maximum absolute atomic E-state index is 13.0. The van der Waals surface area contributed by atoms with E-state index in [0.717, 1.165) is 21.2 Å². The van der Waals surface area contributed by atoms with Crippen LogP contribution in [0, 0.1) is 13.8 Å². The van der Waals surface area contributed by atoms with E-state index in [2.05, 4.69) is 5.32 Å². The number of methoxy groups -OCH3 is 1. The molecule has 0 unspecified atom stereocenters. The summed E-state index contributed by atoms with van der Waals surface area (Å²) in [5, 5.41) is 5.28. The molecule has 140 valence electrons. The van der Waals surface area contributed by atoms with Gasteiger partial charge in [0.25, 0.3) is 5.91 Å². The number of thiophene rings is 1. The summed E-state index contributed by atoms with van der Waals surface area (Å²) in [4.78, 5) is 26.2. The number of carbonyl (C=O) groups excluding carboxylic acids is 2. The molecule has 0 aliphatic heterocycles. The van der Waals surface area contributed by atoms with E-state index in [4.69, 9.17) is 9.47 Å². The summed E-state index contributed by atoms with van der Waals surface area (Å²) in [6, 6.07) is 11.4. The third kappa shape index (κ3) is 3.66. The Bertz CT molecular complexity index is 1020. The van der Waals surface area contributed by atoms with Gasteiger partial charge in [0, 0.05) is 4.88 Å². The van der Waals surface area contributed by atoms with Crippen molar-refractivity contribution in [3.05, 3.63) is 58.0 Å². The van der Waals surface area contributed by atoms with E-state index in [1.165, 1.54) is 18.4 Å². The van der Waals surface area contributed by atoms with Crippen LogP contribution in [0.1, 0.15) is 38.1 Å². The van der Waals surface area contributed by atoms with E-state index in [0.29, 0.717) is 21.9 Å². The molecule has 1 aromatic heterocycles. The number of benzene rings is 2. The number of anilines is 1. The van der Waals surface area contributed by atoms with Gasteiger partial charge in [0.2, 0.25) is 0 Å². The molecule has 0 radical (unpaired) electrons. The maximum atomic E-state index is 13.0. The largest absolute Gasteiger partial charge is 0.496 e. The Balaban J connectivity index is 2.00. The van der Waals surface area contributed by atoms with Gasteiger partial charge in [0.05, 0.1) is 24.8 Å². The molecular weight excluding hydrogens is 362 g/mol. The summed E-state index contributed by atoms with van der Waals surface area (Å²) in [6.07, 6.45) is 0. The zero-order valence-corrected chi connectivity index (χ0v) is 16.5. The molecule has 2 aromatic carbocycles. The topological polar surface area (TPSA) is 64.6 Å². The number of rotatable bonds is 5. The summed E-state index contributed by atoms with van der Waals surface area (Å²) in [6.45, 7) is 5.79. The number of nitrogens with one attached hydrogen (secondary N) is 1. The van der Waals surface area contributed by atoms with Gasteiger partial charge in [0.1, 0.15) is 10.8 Å². The molecule has 0 aliphatic carbocycles. The highest BCUT2D eigenvalue weighted by molar-refractivity contribution is 7.16. The predicted octanol–water partition coefficient (Wildman–Crippen LogP) is 4.96. The fourth-order valence-corrected chi connectivity index (χ4v) is 3.94. The molecule has 0 bridgehead atoms. The van der Waals surface area contributed by atoms with Gasteiger partial charge >= 0.3 is 5.97 Å². The SMILES string of the molecule is CCOC(=O)c1c(NC(=O)c2cc3ccccc3cc2OC)sc(C)c1C. The van der Waals surface area contributed by atoms with Crippen molar-refractivity contribution in [3.63, 3.8) is 0 Å². The van der Waals surface area contributed by atoms with E-state index in [1.807, 2.05) is 44.2 Å². The summed E-state index contributed by atoms with van der Waals surface area (Å²) in [7, 11) is 1.53. The van der Waals surface area contributed by atoms with Crippen LogP contribution in [0.3, 0.4) is 0 Å². The Morgan fingerprint density at radius 3 is 2.41 bits per heavy atom. The van der Waals surface area contributed by atoms with E-state index in [1.54, 1.807) is 13.0 Å². The van der Waals surface area contributed by atoms with Crippen molar-refractivity contribution in [3.8, 4) is 5.75 Å². The van der Waals surface area contributed by atoms with Crippen LogP contribution < -0.4 is 10.1 Å². The molecule has 0 atom stereocenters. The summed E-state index contributed by atoms with van der Waals surface area (Å²) >= 11 is 1.36. The maximum Gasteiger partial charge on any atom is 0.341 e. The van der Waals surface area contributed by atoms with E-state index in [-0.39, 0.29) is 12.5 Å². The molecule has 0 spiro atoms. The van der Waals surface area contributed by atoms with Crippen LogP contribution in [0.2, 0.25) is 0 Å². The molecule has 5 nitrogen and oxygen atoms in total. The van der Waals surface area contributed by atoms with Crippen LogP contribution >= 0.6 is 11.3 Å². The second kappa shape index (κ2) is 7.80. The van der Waals surface area contributed by atoms with Gasteiger partial charge in [0.15, 0.2) is 0 Å². The minimum Gasteiger partial charge on any atom is -0.496 e. The Labute approximate surface area is 161 Å². The Morgan fingerprint density at radius 2 is 1.78 bits per heavy atom. The van der Waals surface area contributed by atoms with Crippen molar-refractivity contribution in [2.45, 2.75) is 20.8 Å². The molecule has 0 aliphatic rings. The highest BCUT2D eigenvalue weighted by Gasteiger charge is 2.23. The first-order valence-electron chi connectivity index (χ1n) is 8.61. The minimum absolute atomic E-state index is 0.277. The van der Waals surface area contributed by atoms with Crippen molar-refractivity contribution in [1.82, 2.24) is 0 Å². The first-order valence-corrected chi connectivity index (χ1v) is 9.43. The fraction of sp³-hybridized carbons (Fsp3) is 0.238. The molecular formula is C21H21NO4S. The molecule has 0 saturated heterocycles. The molecule has 0 saturated carbocycles. The summed E-state index contributed by atoms with van der Waals surface area (Å²) in [5.41, 5.74) is 1.64. The monoisotopic (exact) mass is 383 g/mol. The van der Waals surface area contributed by atoms with Gasteiger partial charge < -0.3 is 14.8 Å². The van der Waals surface area contributed by atoms with Crippen LogP contribution in [0.25, 0.3) is 10.8 Å². The van der Waals surface area contributed by atoms with Crippen LogP contribution in [0.5, 0.6) is 5.75 Å². The second-order valence-electron chi connectivity index (χ2n) is 6.06.